The van der Waals surface area contributed by atoms with Crippen LogP contribution in [0, 0.1) is 11.7 Å². The van der Waals surface area contributed by atoms with Crippen LogP contribution in [0.15, 0.2) is 54.6 Å². The van der Waals surface area contributed by atoms with Crippen molar-refractivity contribution in [2.75, 3.05) is 31.1 Å². The molecule has 1 atom stereocenters. The molecule has 1 aromatic heterocycles. The van der Waals surface area contributed by atoms with E-state index in [2.05, 4.69) is 51.3 Å². The third-order valence-electron chi connectivity index (χ3n) is 5.53. The molecular formula is C22H27FN6. The van der Waals surface area contributed by atoms with Crippen LogP contribution >= 0.6 is 0 Å². The molecule has 0 bridgehead atoms. The van der Waals surface area contributed by atoms with Crippen LogP contribution in [0.3, 0.4) is 0 Å². The maximum atomic E-state index is 14.2. The van der Waals surface area contributed by atoms with E-state index in [1.807, 2.05) is 35.0 Å². The molecule has 2 aromatic carbocycles. The van der Waals surface area contributed by atoms with Crippen molar-refractivity contribution in [1.29, 1.82) is 0 Å². The average Bonchev–Trinajstić information content (AvgIpc) is 3.17. The Hall–Kier alpha value is -2.80. The molecule has 3 aromatic rings. The van der Waals surface area contributed by atoms with Gasteiger partial charge in [-0.05, 0) is 34.0 Å². The van der Waals surface area contributed by atoms with Crippen molar-refractivity contribution in [3.05, 3.63) is 71.8 Å². The van der Waals surface area contributed by atoms with Gasteiger partial charge in [0, 0.05) is 26.2 Å². The largest absolute Gasteiger partial charge is 0.367 e. The third kappa shape index (κ3) is 4.29. The van der Waals surface area contributed by atoms with E-state index in [4.69, 9.17) is 0 Å². The molecule has 1 aliphatic heterocycles. The summed E-state index contributed by atoms with van der Waals surface area (Å²) in [6.45, 7) is 8.31. The van der Waals surface area contributed by atoms with Crippen LogP contribution in [-0.4, -0.2) is 51.3 Å². The lowest BCUT2D eigenvalue weighted by Gasteiger charge is -2.41. The Balaban J connectivity index is 1.50. The number of halogens is 1. The van der Waals surface area contributed by atoms with Gasteiger partial charge < -0.3 is 4.90 Å². The van der Waals surface area contributed by atoms with Crippen LogP contribution in [0.1, 0.15) is 31.3 Å². The molecule has 1 fully saturated rings. The molecule has 1 aliphatic rings. The van der Waals surface area contributed by atoms with Gasteiger partial charge in [-0.2, -0.15) is 0 Å². The first-order valence-corrected chi connectivity index (χ1v) is 10.2. The van der Waals surface area contributed by atoms with Crippen molar-refractivity contribution >= 4 is 5.69 Å². The number of anilines is 1. The predicted octanol–water partition coefficient (Wildman–Crippen LogP) is 3.38. The van der Waals surface area contributed by atoms with Crippen LogP contribution in [0.2, 0.25) is 0 Å². The Bertz CT molecular complexity index is 918. The molecule has 0 saturated carbocycles. The minimum atomic E-state index is -0.159. The van der Waals surface area contributed by atoms with E-state index in [1.54, 1.807) is 6.07 Å². The van der Waals surface area contributed by atoms with E-state index in [-0.39, 0.29) is 11.9 Å². The van der Waals surface area contributed by atoms with Crippen LogP contribution < -0.4 is 4.90 Å². The number of para-hydroxylation sites is 1. The summed E-state index contributed by atoms with van der Waals surface area (Å²) in [5, 5.41) is 12.6. The summed E-state index contributed by atoms with van der Waals surface area (Å²) >= 11 is 0. The van der Waals surface area contributed by atoms with E-state index >= 15 is 0 Å². The number of nitrogens with zero attached hydrogens (tertiary/aromatic N) is 6. The van der Waals surface area contributed by atoms with Gasteiger partial charge in [0.15, 0.2) is 5.82 Å². The second kappa shape index (κ2) is 8.69. The standard InChI is InChI=1S/C22H27FN6/c1-17(2)21(22-24-25-26-29(22)16-18-8-4-3-5-9-18)28-14-12-27(13-15-28)20-11-7-6-10-19(20)23/h3-11,17,21H,12-16H2,1-2H3/t21-/m1/s1. The van der Waals surface area contributed by atoms with Crippen molar-refractivity contribution in [1.82, 2.24) is 25.1 Å². The first kappa shape index (κ1) is 19.5. The summed E-state index contributed by atoms with van der Waals surface area (Å²) in [4.78, 5) is 4.55. The van der Waals surface area contributed by atoms with E-state index in [1.165, 1.54) is 11.6 Å². The van der Waals surface area contributed by atoms with Crippen molar-refractivity contribution < 1.29 is 4.39 Å². The highest BCUT2D eigenvalue weighted by Crippen LogP contribution is 2.29. The summed E-state index contributed by atoms with van der Waals surface area (Å²) in [5.41, 5.74) is 1.86. The van der Waals surface area contributed by atoms with Gasteiger partial charge in [0.25, 0.3) is 0 Å². The maximum Gasteiger partial charge on any atom is 0.169 e. The van der Waals surface area contributed by atoms with E-state index in [0.29, 0.717) is 18.2 Å². The maximum absolute atomic E-state index is 14.2. The normalized spacial score (nSPS) is 16.3. The SMILES string of the molecule is CC(C)[C@H](c1nnnn1Cc1ccccc1)N1CCN(c2ccccc2F)CC1. The average molecular weight is 394 g/mol. The Kier molecular flexibility index (Phi) is 5.85. The summed E-state index contributed by atoms with van der Waals surface area (Å²) < 4.78 is 16.1. The summed E-state index contributed by atoms with van der Waals surface area (Å²) in [7, 11) is 0. The molecule has 6 nitrogen and oxygen atoms in total. The number of rotatable bonds is 6. The van der Waals surface area contributed by atoms with Crippen LogP contribution in [-0.2, 0) is 6.54 Å². The molecule has 0 unspecified atom stereocenters. The first-order valence-electron chi connectivity index (χ1n) is 10.2. The highest BCUT2D eigenvalue weighted by atomic mass is 19.1. The fourth-order valence-electron chi connectivity index (χ4n) is 4.12. The fraction of sp³-hybridized carbons (Fsp3) is 0.409. The van der Waals surface area contributed by atoms with Crippen LogP contribution in [0.4, 0.5) is 10.1 Å². The Morgan fingerprint density at radius 3 is 2.31 bits per heavy atom. The number of aromatic nitrogens is 4. The molecule has 0 N–H and O–H groups in total. The number of hydrogen-bond acceptors (Lipinski definition) is 5. The minimum Gasteiger partial charge on any atom is -0.367 e. The molecule has 0 amide bonds. The molecule has 0 spiro atoms. The van der Waals surface area contributed by atoms with Crippen LogP contribution in [0.25, 0.3) is 0 Å². The monoisotopic (exact) mass is 394 g/mol. The van der Waals surface area contributed by atoms with Gasteiger partial charge in [-0.1, -0.05) is 56.3 Å². The molecule has 1 saturated heterocycles. The number of piperazine rings is 1. The summed E-state index contributed by atoms with van der Waals surface area (Å²) in [6.07, 6.45) is 0. The number of benzene rings is 2. The van der Waals surface area contributed by atoms with Crippen molar-refractivity contribution in [3.8, 4) is 0 Å². The Morgan fingerprint density at radius 2 is 1.62 bits per heavy atom. The summed E-state index contributed by atoms with van der Waals surface area (Å²) in [5.74, 6) is 1.09. The van der Waals surface area contributed by atoms with E-state index in [9.17, 15) is 4.39 Å². The van der Waals surface area contributed by atoms with E-state index in [0.717, 1.165) is 32.0 Å². The molecule has 0 aliphatic carbocycles. The first-order chi connectivity index (χ1) is 14.1. The molecule has 0 radical (unpaired) electrons. The van der Waals surface area contributed by atoms with Crippen molar-refractivity contribution in [2.45, 2.75) is 26.4 Å². The van der Waals surface area contributed by atoms with Gasteiger partial charge in [-0.15, -0.1) is 5.10 Å². The molecule has 7 heteroatoms. The van der Waals surface area contributed by atoms with E-state index < -0.39 is 0 Å². The number of tetrazole rings is 1. The van der Waals surface area contributed by atoms with Crippen molar-refractivity contribution in [2.24, 2.45) is 5.92 Å². The van der Waals surface area contributed by atoms with Gasteiger partial charge in [0.05, 0.1) is 18.3 Å². The Labute approximate surface area is 170 Å². The van der Waals surface area contributed by atoms with Gasteiger partial charge in [-0.3, -0.25) is 4.90 Å². The molecule has 4 rings (SSSR count). The zero-order chi connectivity index (χ0) is 20.2. The lowest BCUT2D eigenvalue weighted by Crippen LogP contribution is -2.49. The predicted molar refractivity (Wildman–Crippen MR) is 111 cm³/mol. The Morgan fingerprint density at radius 1 is 0.931 bits per heavy atom. The zero-order valence-electron chi connectivity index (χ0n) is 16.9. The smallest absolute Gasteiger partial charge is 0.169 e. The topological polar surface area (TPSA) is 50.1 Å². The van der Waals surface area contributed by atoms with Crippen LogP contribution in [0.5, 0.6) is 0 Å². The quantitative estimate of drug-likeness (QED) is 0.642. The zero-order valence-corrected chi connectivity index (χ0v) is 16.9. The fourth-order valence-corrected chi connectivity index (χ4v) is 4.12. The summed E-state index contributed by atoms with van der Waals surface area (Å²) in [6, 6.07) is 17.4. The third-order valence-corrected chi connectivity index (χ3v) is 5.53. The minimum absolute atomic E-state index is 0.122. The molecule has 29 heavy (non-hydrogen) atoms. The molecule has 152 valence electrons. The highest BCUT2D eigenvalue weighted by Gasteiger charge is 2.31. The van der Waals surface area contributed by atoms with Gasteiger partial charge in [-0.25, -0.2) is 9.07 Å². The molecule has 2 heterocycles. The lowest BCUT2D eigenvalue weighted by atomic mass is 10.0. The lowest BCUT2D eigenvalue weighted by molar-refractivity contribution is 0.135. The van der Waals surface area contributed by atoms with Gasteiger partial charge in [0.2, 0.25) is 0 Å². The van der Waals surface area contributed by atoms with Crippen molar-refractivity contribution in [3.63, 3.8) is 0 Å². The number of hydrogen-bond donors (Lipinski definition) is 0. The second-order valence-electron chi connectivity index (χ2n) is 7.84. The second-order valence-corrected chi connectivity index (χ2v) is 7.84. The highest BCUT2D eigenvalue weighted by molar-refractivity contribution is 5.48. The van der Waals surface area contributed by atoms with Gasteiger partial charge >= 0.3 is 0 Å². The molecular weight excluding hydrogens is 367 g/mol. The van der Waals surface area contributed by atoms with Gasteiger partial charge in [0.1, 0.15) is 5.82 Å².